The number of carboxylic acid groups (broad SMARTS) is 1. The lowest BCUT2D eigenvalue weighted by molar-refractivity contribution is -0.138. The van der Waals surface area contributed by atoms with Crippen LogP contribution >= 0.6 is 0 Å². The lowest BCUT2D eigenvalue weighted by Gasteiger charge is -2.21. The van der Waals surface area contributed by atoms with Crippen LogP contribution in [0.15, 0.2) is 0 Å². The van der Waals surface area contributed by atoms with Crippen molar-refractivity contribution in [2.75, 3.05) is 5.75 Å². The summed E-state index contributed by atoms with van der Waals surface area (Å²) in [6.07, 6.45) is -1.08. The molecule has 0 spiro atoms. The molecule has 0 unspecified atom stereocenters. The zero-order chi connectivity index (χ0) is 13.9. The minimum absolute atomic E-state index is 0.842. The molecule has 0 saturated heterocycles. The smallest absolute Gasteiger partial charge is 0.408 e. The predicted octanol–water partition coefficient (Wildman–Crippen LogP) is -0.148. The first kappa shape index (κ1) is 15.7. The van der Waals surface area contributed by atoms with Gasteiger partial charge in [0.05, 0.1) is 0 Å². The van der Waals surface area contributed by atoms with Crippen LogP contribution in [0.3, 0.4) is 0 Å². The Morgan fingerprint density at radius 2 is 1.82 bits per heavy atom. The molecule has 1 amide bonds. The second kappa shape index (κ2) is 5.32. The first-order valence-electron chi connectivity index (χ1n) is 4.58. The number of rotatable bonds is 4. The van der Waals surface area contributed by atoms with Crippen molar-refractivity contribution in [1.29, 1.82) is 0 Å². The summed E-state index contributed by atoms with van der Waals surface area (Å²) < 4.78 is 34.3. The maximum atomic E-state index is 11.2. The van der Waals surface area contributed by atoms with E-state index >= 15 is 0 Å². The number of ether oxygens (including phenoxy) is 1. The second-order valence-electron chi connectivity index (χ2n) is 4.29. The first-order valence-corrected chi connectivity index (χ1v) is 6.19. The molecule has 0 radical (unpaired) electrons. The van der Waals surface area contributed by atoms with Crippen LogP contribution in [0.4, 0.5) is 4.79 Å². The van der Waals surface area contributed by atoms with E-state index in [-0.39, 0.29) is 0 Å². The lowest BCUT2D eigenvalue weighted by atomic mass is 10.2. The third-order valence-electron chi connectivity index (χ3n) is 1.37. The van der Waals surface area contributed by atoms with Crippen LogP contribution in [-0.2, 0) is 19.6 Å². The van der Waals surface area contributed by atoms with Gasteiger partial charge in [0.25, 0.3) is 10.1 Å². The van der Waals surface area contributed by atoms with Crippen molar-refractivity contribution in [2.24, 2.45) is 0 Å². The van der Waals surface area contributed by atoms with E-state index in [1.807, 2.05) is 5.32 Å². The molecular formula is C8H15NO7S. The summed E-state index contributed by atoms with van der Waals surface area (Å²) in [5.74, 6) is -2.71. The molecule has 0 aliphatic heterocycles. The molecule has 3 N–H and O–H groups in total. The maximum Gasteiger partial charge on any atom is 0.408 e. The van der Waals surface area contributed by atoms with Gasteiger partial charge in [-0.05, 0) is 20.8 Å². The van der Waals surface area contributed by atoms with Crippen LogP contribution in [0.2, 0.25) is 0 Å². The van der Waals surface area contributed by atoms with Gasteiger partial charge in [-0.3, -0.25) is 4.55 Å². The molecule has 0 saturated carbocycles. The van der Waals surface area contributed by atoms with Crippen molar-refractivity contribution in [3.63, 3.8) is 0 Å². The minimum Gasteiger partial charge on any atom is -0.480 e. The summed E-state index contributed by atoms with van der Waals surface area (Å²) in [6.45, 7) is 4.68. The molecule has 0 aliphatic rings. The van der Waals surface area contributed by atoms with Gasteiger partial charge >= 0.3 is 12.1 Å². The summed E-state index contributed by atoms with van der Waals surface area (Å²) in [7, 11) is -4.51. The van der Waals surface area contributed by atoms with E-state index in [2.05, 4.69) is 0 Å². The van der Waals surface area contributed by atoms with Crippen LogP contribution in [0, 0.1) is 0 Å². The number of hydrogen-bond acceptors (Lipinski definition) is 5. The van der Waals surface area contributed by atoms with Gasteiger partial charge < -0.3 is 15.2 Å². The van der Waals surface area contributed by atoms with E-state index in [1.165, 1.54) is 0 Å². The molecule has 9 heteroatoms. The molecule has 8 nitrogen and oxygen atoms in total. The zero-order valence-corrected chi connectivity index (χ0v) is 10.4. The van der Waals surface area contributed by atoms with Gasteiger partial charge in [-0.25, -0.2) is 9.59 Å². The lowest BCUT2D eigenvalue weighted by Crippen LogP contribution is -2.47. The average Bonchev–Trinajstić information content (AvgIpc) is 1.95. The topological polar surface area (TPSA) is 130 Å². The number of alkyl carbamates (subject to hydrolysis) is 1. The van der Waals surface area contributed by atoms with E-state index < -0.39 is 39.6 Å². The van der Waals surface area contributed by atoms with Gasteiger partial charge in [0.1, 0.15) is 17.4 Å². The first-order chi connectivity index (χ1) is 7.41. The largest absolute Gasteiger partial charge is 0.480 e. The molecule has 0 aliphatic carbocycles. The predicted molar refractivity (Wildman–Crippen MR) is 57.2 cm³/mol. The van der Waals surface area contributed by atoms with Gasteiger partial charge in [0.2, 0.25) is 0 Å². The highest BCUT2D eigenvalue weighted by atomic mass is 32.2. The van der Waals surface area contributed by atoms with E-state index in [0.717, 1.165) is 0 Å². The average molecular weight is 269 g/mol. The number of carbonyl (C=O) groups is 2. The van der Waals surface area contributed by atoms with Crippen molar-refractivity contribution < 1.29 is 32.4 Å². The van der Waals surface area contributed by atoms with E-state index in [9.17, 15) is 18.0 Å². The van der Waals surface area contributed by atoms with Crippen LogP contribution in [0.25, 0.3) is 0 Å². The molecule has 0 aromatic rings. The molecule has 0 fully saturated rings. The number of hydrogen-bond donors (Lipinski definition) is 3. The highest BCUT2D eigenvalue weighted by molar-refractivity contribution is 7.85. The highest BCUT2D eigenvalue weighted by Crippen LogP contribution is 2.07. The van der Waals surface area contributed by atoms with E-state index in [4.69, 9.17) is 14.4 Å². The standard InChI is InChI=1S/C8H15NO7S/c1-8(2,3)16-7(12)9-5(6(10)11)4-17(13,14)15/h5H,4H2,1-3H3,(H,9,12)(H,10,11)(H,13,14,15)/t5-/m0/s1. The summed E-state index contributed by atoms with van der Waals surface area (Å²) in [6, 6.07) is -1.76. The fourth-order valence-electron chi connectivity index (χ4n) is 0.835. The summed E-state index contributed by atoms with van der Waals surface area (Å²) in [4.78, 5) is 21.8. The highest BCUT2D eigenvalue weighted by Gasteiger charge is 2.27. The Kier molecular flexibility index (Phi) is 4.90. The molecule has 0 bridgehead atoms. The molecule has 1 atom stereocenters. The summed E-state index contributed by atoms with van der Waals surface area (Å²) in [5.41, 5.74) is -0.842. The Balaban J connectivity index is 4.58. The van der Waals surface area contributed by atoms with Crippen LogP contribution < -0.4 is 5.32 Å². The van der Waals surface area contributed by atoms with Crippen molar-refractivity contribution >= 4 is 22.2 Å². The Hall–Kier alpha value is -1.35. The van der Waals surface area contributed by atoms with Crippen molar-refractivity contribution in [1.82, 2.24) is 5.32 Å². The molecule has 100 valence electrons. The SMILES string of the molecule is CC(C)(C)OC(=O)N[C@@H](CS(=O)(=O)O)C(=O)O. The van der Waals surface area contributed by atoms with Gasteiger partial charge in [0.15, 0.2) is 0 Å². The summed E-state index contributed by atoms with van der Waals surface area (Å²) >= 11 is 0. The van der Waals surface area contributed by atoms with Gasteiger partial charge in [-0.2, -0.15) is 8.42 Å². The number of aliphatic carboxylic acids is 1. The van der Waals surface area contributed by atoms with Crippen LogP contribution in [0.1, 0.15) is 20.8 Å². The monoisotopic (exact) mass is 269 g/mol. The fraction of sp³-hybridized carbons (Fsp3) is 0.750. The number of carboxylic acids is 1. The Labute approximate surface area is 98.7 Å². The normalized spacial score (nSPS) is 13.9. The Morgan fingerprint density at radius 3 is 2.12 bits per heavy atom. The van der Waals surface area contributed by atoms with Crippen molar-refractivity contribution in [2.45, 2.75) is 32.4 Å². The third-order valence-corrected chi connectivity index (χ3v) is 2.12. The van der Waals surface area contributed by atoms with Gasteiger partial charge in [-0.15, -0.1) is 0 Å². The molecule has 0 heterocycles. The van der Waals surface area contributed by atoms with E-state index in [0.29, 0.717) is 0 Å². The Morgan fingerprint density at radius 1 is 1.35 bits per heavy atom. The molecule has 17 heavy (non-hydrogen) atoms. The Bertz CT molecular complexity index is 395. The van der Waals surface area contributed by atoms with Crippen LogP contribution in [-0.4, -0.2) is 47.5 Å². The molecule has 0 aromatic carbocycles. The third kappa shape index (κ3) is 8.46. The molecular weight excluding hydrogens is 254 g/mol. The van der Waals surface area contributed by atoms with Crippen molar-refractivity contribution in [3.05, 3.63) is 0 Å². The number of amides is 1. The zero-order valence-electron chi connectivity index (χ0n) is 9.63. The number of nitrogens with one attached hydrogen (secondary N) is 1. The quantitative estimate of drug-likeness (QED) is 0.605. The number of carbonyl (C=O) groups excluding carboxylic acids is 1. The van der Waals surface area contributed by atoms with Gasteiger partial charge in [-0.1, -0.05) is 0 Å². The van der Waals surface area contributed by atoms with Crippen molar-refractivity contribution in [3.8, 4) is 0 Å². The second-order valence-corrected chi connectivity index (χ2v) is 5.78. The summed E-state index contributed by atoms with van der Waals surface area (Å²) in [5, 5.41) is 10.5. The minimum atomic E-state index is -4.51. The molecule has 0 aromatic heterocycles. The van der Waals surface area contributed by atoms with E-state index in [1.54, 1.807) is 20.8 Å². The van der Waals surface area contributed by atoms with Crippen LogP contribution in [0.5, 0.6) is 0 Å². The maximum absolute atomic E-state index is 11.2. The van der Waals surface area contributed by atoms with Gasteiger partial charge in [0, 0.05) is 0 Å². The fourth-order valence-corrected chi connectivity index (χ4v) is 1.48. The molecule has 0 rings (SSSR count).